The number of carboxylic acid groups (broad SMARTS) is 1. The lowest BCUT2D eigenvalue weighted by molar-refractivity contribution is -0.144. The number of halogens is 1. The standard InChI is InChI=1S/C39H48ClN3O5/c1-25(24-48-35-12-17-42-34-9-4-6-26(2)36(34)35)20-29-21-28-10-11-32(47-19-18-41-27(3)44)23-33(28)38(29)13-15-39(16-14-38,37(45)46)43-31-8-5-7-30(40)22-31/h5,7-8,10-12,17,22-23,25-26,29,43H,4,6,9,13-16,18-21,24H2,1-3H3,(H,41,44)(H,45,46)/t25-,26-,29?,38?,39?/m1/s1. The Balaban J connectivity index is 1.22. The maximum atomic E-state index is 12.9. The number of rotatable bonds is 12. The molecule has 3 N–H and O–H groups in total. The number of aliphatic carboxylic acids is 1. The Morgan fingerprint density at radius 2 is 1.92 bits per heavy atom. The number of ether oxygens (including phenoxy) is 2. The van der Waals surface area contributed by atoms with Gasteiger partial charge < -0.3 is 25.2 Å². The Hall–Kier alpha value is -3.78. The Bertz CT molecular complexity index is 1640. The molecule has 1 saturated carbocycles. The summed E-state index contributed by atoms with van der Waals surface area (Å²) in [6, 6.07) is 15.7. The quantitative estimate of drug-likeness (QED) is 0.169. The van der Waals surface area contributed by atoms with Crippen LogP contribution in [0.1, 0.15) is 94.0 Å². The summed E-state index contributed by atoms with van der Waals surface area (Å²) in [5, 5.41) is 17.3. The van der Waals surface area contributed by atoms with Crippen molar-refractivity contribution in [2.24, 2.45) is 11.8 Å². The number of hydrogen-bond acceptors (Lipinski definition) is 6. The first-order valence-corrected chi connectivity index (χ1v) is 17.8. The van der Waals surface area contributed by atoms with E-state index in [-0.39, 0.29) is 11.3 Å². The van der Waals surface area contributed by atoms with Gasteiger partial charge in [-0.3, -0.25) is 9.78 Å². The largest absolute Gasteiger partial charge is 0.493 e. The summed E-state index contributed by atoms with van der Waals surface area (Å²) in [5.41, 5.74) is 4.49. The zero-order valence-electron chi connectivity index (χ0n) is 28.3. The summed E-state index contributed by atoms with van der Waals surface area (Å²) in [6.45, 7) is 7.49. The average Bonchev–Trinajstić information content (AvgIpc) is 3.34. The first-order valence-electron chi connectivity index (χ1n) is 17.5. The van der Waals surface area contributed by atoms with Crippen LogP contribution >= 0.6 is 11.6 Å². The summed E-state index contributed by atoms with van der Waals surface area (Å²) in [4.78, 5) is 28.9. The molecule has 0 saturated heterocycles. The molecule has 9 heteroatoms. The van der Waals surface area contributed by atoms with Crippen LogP contribution in [0.2, 0.25) is 5.02 Å². The Morgan fingerprint density at radius 1 is 1.10 bits per heavy atom. The van der Waals surface area contributed by atoms with Gasteiger partial charge in [0, 0.05) is 35.1 Å². The van der Waals surface area contributed by atoms with Gasteiger partial charge in [0.2, 0.25) is 5.91 Å². The van der Waals surface area contributed by atoms with Gasteiger partial charge in [0.1, 0.15) is 23.6 Å². The van der Waals surface area contributed by atoms with E-state index < -0.39 is 11.5 Å². The van der Waals surface area contributed by atoms with Crippen molar-refractivity contribution in [1.82, 2.24) is 10.3 Å². The van der Waals surface area contributed by atoms with E-state index in [1.54, 1.807) is 12.1 Å². The number of fused-ring (bicyclic) bond motifs is 3. The molecule has 0 radical (unpaired) electrons. The number of nitrogens with zero attached hydrogens (tertiary/aromatic N) is 1. The second-order valence-corrected chi connectivity index (χ2v) is 14.8. The molecule has 1 aromatic heterocycles. The van der Waals surface area contributed by atoms with Crippen molar-refractivity contribution in [3.8, 4) is 11.5 Å². The highest BCUT2D eigenvalue weighted by Crippen LogP contribution is 2.56. The van der Waals surface area contributed by atoms with Crippen LogP contribution in [0.15, 0.2) is 54.7 Å². The van der Waals surface area contributed by atoms with E-state index in [2.05, 4.69) is 41.6 Å². The monoisotopic (exact) mass is 673 g/mol. The third kappa shape index (κ3) is 7.14. The van der Waals surface area contributed by atoms with Crippen molar-refractivity contribution in [1.29, 1.82) is 0 Å². The molecule has 1 spiro atoms. The van der Waals surface area contributed by atoms with Gasteiger partial charge in [-0.25, -0.2) is 4.79 Å². The third-order valence-corrected chi connectivity index (χ3v) is 11.2. The molecule has 3 aromatic rings. The van der Waals surface area contributed by atoms with E-state index in [1.165, 1.54) is 35.7 Å². The van der Waals surface area contributed by atoms with Gasteiger partial charge in [0.05, 0.1) is 13.2 Å². The second kappa shape index (κ2) is 14.4. The number of carbonyl (C=O) groups is 2. The summed E-state index contributed by atoms with van der Waals surface area (Å²) in [6.07, 6.45) is 9.59. The van der Waals surface area contributed by atoms with E-state index in [1.807, 2.05) is 30.5 Å². The van der Waals surface area contributed by atoms with Crippen molar-refractivity contribution in [3.05, 3.63) is 82.1 Å². The number of anilines is 1. The molecule has 3 atom stereocenters. The lowest BCUT2D eigenvalue weighted by Gasteiger charge is -2.47. The Labute approximate surface area is 289 Å². The number of amides is 1. The molecular formula is C39H48ClN3O5. The highest BCUT2D eigenvalue weighted by Gasteiger charge is 2.54. The summed E-state index contributed by atoms with van der Waals surface area (Å²) in [7, 11) is 0. The van der Waals surface area contributed by atoms with E-state index in [0.29, 0.717) is 55.4 Å². The molecule has 1 fully saturated rings. The predicted molar refractivity (Wildman–Crippen MR) is 188 cm³/mol. The lowest BCUT2D eigenvalue weighted by atomic mass is 9.59. The summed E-state index contributed by atoms with van der Waals surface area (Å²) in [5.74, 6) is 1.92. The highest BCUT2D eigenvalue weighted by molar-refractivity contribution is 6.30. The normalized spacial score (nSPS) is 25.1. The minimum absolute atomic E-state index is 0.0822. The highest BCUT2D eigenvalue weighted by atomic mass is 35.5. The lowest BCUT2D eigenvalue weighted by Crippen LogP contribution is -2.53. The number of aromatic nitrogens is 1. The molecule has 1 amide bonds. The van der Waals surface area contributed by atoms with Gasteiger partial charge in [-0.2, -0.15) is 0 Å². The molecule has 8 nitrogen and oxygen atoms in total. The minimum atomic E-state index is -1.08. The number of benzene rings is 2. The van der Waals surface area contributed by atoms with Gasteiger partial charge in [0.25, 0.3) is 0 Å². The van der Waals surface area contributed by atoms with Crippen LogP contribution in [0, 0.1) is 11.8 Å². The van der Waals surface area contributed by atoms with E-state index in [0.717, 1.165) is 55.7 Å². The van der Waals surface area contributed by atoms with Crippen LogP contribution in [0.4, 0.5) is 5.69 Å². The fourth-order valence-corrected chi connectivity index (χ4v) is 8.75. The predicted octanol–water partition coefficient (Wildman–Crippen LogP) is 7.71. The first-order chi connectivity index (χ1) is 23.1. The second-order valence-electron chi connectivity index (χ2n) is 14.3. The molecule has 48 heavy (non-hydrogen) atoms. The van der Waals surface area contributed by atoms with E-state index in [4.69, 9.17) is 21.1 Å². The molecule has 0 aliphatic heterocycles. The van der Waals surface area contributed by atoms with Crippen molar-refractivity contribution < 1.29 is 24.2 Å². The van der Waals surface area contributed by atoms with Crippen LogP contribution in [0.3, 0.4) is 0 Å². The fraction of sp³-hybridized carbons (Fsp3) is 0.513. The number of pyridine rings is 1. The molecule has 6 rings (SSSR count). The molecule has 3 aliphatic rings. The van der Waals surface area contributed by atoms with Crippen LogP contribution in [0.5, 0.6) is 11.5 Å². The smallest absolute Gasteiger partial charge is 0.329 e. The molecule has 3 aliphatic carbocycles. The number of aryl methyl sites for hydroxylation is 1. The minimum Gasteiger partial charge on any atom is -0.493 e. The van der Waals surface area contributed by atoms with Crippen molar-refractivity contribution >= 4 is 29.2 Å². The van der Waals surface area contributed by atoms with Gasteiger partial charge in [-0.15, -0.1) is 0 Å². The summed E-state index contributed by atoms with van der Waals surface area (Å²) < 4.78 is 12.6. The maximum absolute atomic E-state index is 12.9. The van der Waals surface area contributed by atoms with Gasteiger partial charge in [0.15, 0.2) is 0 Å². The number of carboxylic acids is 1. The van der Waals surface area contributed by atoms with Crippen molar-refractivity contribution in [2.75, 3.05) is 25.1 Å². The molecule has 1 unspecified atom stereocenters. The topological polar surface area (TPSA) is 110 Å². The van der Waals surface area contributed by atoms with Crippen LogP contribution in [0.25, 0.3) is 0 Å². The zero-order valence-corrected chi connectivity index (χ0v) is 29.1. The third-order valence-electron chi connectivity index (χ3n) is 11.0. The number of nitrogens with one attached hydrogen (secondary N) is 2. The molecule has 256 valence electrons. The van der Waals surface area contributed by atoms with E-state index >= 15 is 0 Å². The Kier molecular flexibility index (Phi) is 10.2. The molecule has 1 heterocycles. The van der Waals surface area contributed by atoms with Gasteiger partial charge in [-0.05, 0) is 128 Å². The molecule has 2 aromatic carbocycles. The van der Waals surface area contributed by atoms with E-state index in [9.17, 15) is 14.7 Å². The molecular weight excluding hydrogens is 626 g/mol. The van der Waals surface area contributed by atoms with Crippen LogP contribution in [-0.4, -0.2) is 47.3 Å². The van der Waals surface area contributed by atoms with Crippen molar-refractivity contribution in [3.63, 3.8) is 0 Å². The fourth-order valence-electron chi connectivity index (χ4n) is 8.56. The van der Waals surface area contributed by atoms with Gasteiger partial charge >= 0.3 is 5.97 Å². The Morgan fingerprint density at radius 3 is 2.67 bits per heavy atom. The molecule has 0 bridgehead atoms. The van der Waals surface area contributed by atoms with Crippen molar-refractivity contribution in [2.45, 2.75) is 95.4 Å². The number of hydrogen-bond donors (Lipinski definition) is 3. The SMILES string of the molecule is CC(=O)NCCOc1ccc2c(c1)C1(CCC(Nc3cccc(Cl)c3)(C(=O)O)CC1)C(C[C@@H](C)COc1ccnc3c1[C@H](C)CCC3)C2. The maximum Gasteiger partial charge on any atom is 0.329 e. The average molecular weight is 674 g/mol. The first kappa shape index (κ1) is 34.1. The number of carbonyl (C=O) groups excluding carboxylic acids is 1. The van der Waals surface area contributed by atoms with Crippen LogP contribution in [-0.2, 0) is 27.8 Å². The van der Waals surface area contributed by atoms with Gasteiger partial charge in [-0.1, -0.05) is 37.6 Å². The summed E-state index contributed by atoms with van der Waals surface area (Å²) >= 11 is 6.26. The zero-order chi connectivity index (χ0) is 33.9. The van der Waals surface area contributed by atoms with Crippen LogP contribution < -0.4 is 20.1 Å².